The van der Waals surface area contributed by atoms with Crippen LogP contribution < -0.4 is 29.1 Å². The van der Waals surface area contributed by atoms with Crippen molar-refractivity contribution in [1.29, 1.82) is 0 Å². The molecule has 0 radical (unpaired) electrons. The maximum Gasteiger partial charge on any atom is 0.338 e. The molecule has 0 N–H and O–H groups in total. The molecule has 0 amide bonds. The Bertz CT molecular complexity index is 2120. The Labute approximate surface area is 274 Å². The van der Waals surface area contributed by atoms with Crippen LogP contribution in [0.3, 0.4) is 0 Å². The minimum atomic E-state index is -0.921. The van der Waals surface area contributed by atoms with E-state index in [1.54, 1.807) is 43.3 Å². The first-order valence-corrected chi connectivity index (χ1v) is 15.7. The predicted octanol–water partition coefficient (Wildman–Crippen LogP) is 5.67. The Hall–Kier alpha value is -5.48. The van der Waals surface area contributed by atoms with E-state index in [2.05, 4.69) is 0 Å². The standard InChI is InChI=1S/C37H31FN2O6S/c1-4-45-36(42)31-32(25-9-6-5-7-10-25)39-37-40(33(31)28-11-8-12-29(43-2)34(28)44-3)35(41)30(47-37)21-23-15-19-27(20-16-23)46-22-24-13-17-26(38)18-14-24/h5-21,33H,4,22H2,1-3H3/b30-21-/t33-/m0/s1. The van der Waals surface area contributed by atoms with E-state index in [1.165, 1.54) is 42.3 Å². The molecule has 0 aliphatic carbocycles. The van der Waals surface area contributed by atoms with E-state index in [0.717, 1.165) is 11.1 Å². The summed E-state index contributed by atoms with van der Waals surface area (Å²) in [6.07, 6.45) is 1.78. The molecule has 238 valence electrons. The summed E-state index contributed by atoms with van der Waals surface area (Å²) in [5.41, 5.74) is 3.17. The topological polar surface area (TPSA) is 88.4 Å². The molecule has 0 bridgehead atoms. The zero-order valence-electron chi connectivity index (χ0n) is 25.9. The van der Waals surface area contributed by atoms with Gasteiger partial charge in [0.15, 0.2) is 16.3 Å². The van der Waals surface area contributed by atoms with Crippen molar-refractivity contribution in [2.75, 3.05) is 20.8 Å². The smallest absolute Gasteiger partial charge is 0.338 e. The highest BCUT2D eigenvalue weighted by Gasteiger charge is 2.37. The number of hydrogen-bond acceptors (Lipinski definition) is 8. The van der Waals surface area contributed by atoms with Crippen LogP contribution in [-0.2, 0) is 16.1 Å². The monoisotopic (exact) mass is 650 g/mol. The van der Waals surface area contributed by atoms with Gasteiger partial charge in [0.1, 0.15) is 24.2 Å². The normalized spacial score (nSPS) is 14.3. The molecule has 1 atom stereocenters. The van der Waals surface area contributed by atoms with E-state index in [1.807, 2.05) is 54.6 Å². The van der Waals surface area contributed by atoms with Gasteiger partial charge in [-0.3, -0.25) is 9.36 Å². The number of halogens is 1. The van der Waals surface area contributed by atoms with Gasteiger partial charge < -0.3 is 18.9 Å². The largest absolute Gasteiger partial charge is 0.493 e. The summed E-state index contributed by atoms with van der Waals surface area (Å²) in [4.78, 5) is 33.3. The first-order valence-electron chi connectivity index (χ1n) is 14.9. The number of esters is 1. The summed E-state index contributed by atoms with van der Waals surface area (Å²) in [6, 6.07) is 27.2. The SMILES string of the molecule is CCOC(=O)C1=C(c2ccccc2)N=c2s/c(=C\c3ccc(OCc4ccc(F)cc4)cc3)c(=O)n2[C@H]1c1cccc(OC)c1OC. The van der Waals surface area contributed by atoms with Crippen LogP contribution in [0.5, 0.6) is 17.2 Å². The lowest BCUT2D eigenvalue weighted by atomic mass is 9.92. The van der Waals surface area contributed by atoms with E-state index >= 15 is 0 Å². The van der Waals surface area contributed by atoms with Gasteiger partial charge in [0.2, 0.25) is 0 Å². The number of ether oxygens (including phenoxy) is 4. The molecule has 1 aliphatic heterocycles. The molecule has 5 aromatic rings. The number of aromatic nitrogens is 1. The minimum Gasteiger partial charge on any atom is -0.493 e. The molecule has 0 spiro atoms. The third-order valence-electron chi connectivity index (χ3n) is 7.60. The fourth-order valence-electron chi connectivity index (χ4n) is 5.42. The van der Waals surface area contributed by atoms with Gasteiger partial charge in [0, 0.05) is 11.1 Å². The van der Waals surface area contributed by atoms with Gasteiger partial charge in [-0.25, -0.2) is 14.2 Å². The highest BCUT2D eigenvalue weighted by atomic mass is 32.1. The second-order valence-corrected chi connectivity index (χ2v) is 11.5. The lowest BCUT2D eigenvalue weighted by molar-refractivity contribution is -0.138. The van der Waals surface area contributed by atoms with Crippen molar-refractivity contribution in [3.8, 4) is 17.2 Å². The van der Waals surface area contributed by atoms with E-state index in [0.29, 0.717) is 50.0 Å². The molecule has 6 rings (SSSR count). The predicted molar refractivity (Wildman–Crippen MR) is 178 cm³/mol. The van der Waals surface area contributed by atoms with E-state index in [-0.39, 0.29) is 23.6 Å². The van der Waals surface area contributed by atoms with Crippen LogP contribution in [0.1, 0.15) is 35.2 Å². The molecule has 2 heterocycles. The Kier molecular flexibility index (Phi) is 9.30. The first-order chi connectivity index (χ1) is 22.9. The molecule has 0 fully saturated rings. The van der Waals surface area contributed by atoms with Crippen LogP contribution >= 0.6 is 11.3 Å². The molecule has 1 aliphatic rings. The summed E-state index contributed by atoms with van der Waals surface area (Å²) in [6.45, 7) is 2.16. The maximum atomic E-state index is 14.3. The third-order valence-corrected chi connectivity index (χ3v) is 8.58. The fraction of sp³-hybridized carbons (Fsp3) is 0.162. The highest BCUT2D eigenvalue weighted by Crippen LogP contribution is 2.42. The average Bonchev–Trinajstić information content (AvgIpc) is 3.41. The molecule has 47 heavy (non-hydrogen) atoms. The van der Waals surface area contributed by atoms with E-state index in [4.69, 9.17) is 23.9 Å². The zero-order valence-corrected chi connectivity index (χ0v) is 26.8. The van der Waals surface area contributed by atoms with Gasteiger partial charge in [-0.05, 0) is 54.5 Å². The third kappa shape index (κ3) is 6.45. The molecule has 0 saturated heterocycles. The average molecular weight is 651 g/mol. The summed E-state index contributed by atoms with van der Waals surface area (Å²) in [7, 11) is 3.05. The lowest BCUT2D eigenvalue weighted by Gasteiger charge is -2.27. The number of benzene rings is 4. The zero-order chi connectivity index (χ0) is 32.9. The number of carbonyl (C=O) groups excluding carboxylic acids is 1. The number of nitrogens with zero attached hydrogens (tertiary/aromatic N) is 2. The Morgan fingerprint density at radius 3 is 2.36 bits per heavy atom. The fourth-order valence-corrected chi connectivity index (χ4v) is 6.42. The van der Waals surface area contributed by atoms with Crippen molar-refractivity contribution in [2.45, 2.75) is 19.6 Å². The number of para-hydroxylation sites is 1. The minimum absolute atomic E-state index is 0.139. The van der Waals surface area contributed by atoms with Gasteiger partial charge >= 0.3 is 5.97 Å². The number of hydrogen-bond donors (Lipinski definition) is 0. The van der Waals surface area contributed by atoms with Crippen molar-refractivity contribution in [1.82, 2.24) is 4.57 Å². The number of carbonyl (C=O) groups is 1. The van der Waals surface area contributed by atoms with Crippen molar-refractivity contribution in [2.24, 2.45) is 4.99 Å². The van der Waals surface area contributed by atoms with Crippen LogP contribution in [0, 0.1) is 5.82 Å². The van der Waals surface area contributed by atoms with Crippen molar-refractivity contribution < 1.29 is 28.1 Å². The number of methoxy groups -OCH3 is 2. The van der Waals surface area contributed by atoms with Crippen molar-refractivity contribution >= 4 is 29.1 Å². The Morgan fingerprint density at radius 2 is 1.68 bits per heavy atom. The van der Waals surface area contributed by atoms with E-state index in [9.17, 15) is 14.0 Å². The molecule has 0 unspecified atom stereocenters. The van der Waals surface area contributed by atoms with Crippen LogP contribution in [0.4, 0.5) is 4.39 Å². The maximum absolute atomic E-state index is 14.3. The number of rotatable bonds is 10. The second kappa shape index (κ2) is 13.9. The molecule has 1 aromatic heterocycles. The van der Waals surface area contributed by atoms with Gasteiger partial charge in [-0.2, -0.15) is 0 Å². The molecular weight excluding hydrogens is 619 g/mol. The first kappa shape index (κ1) is 31.5. The van der Waals surface area contributed by atoms with Gasteiger partial charge in [0.25, 0.3) is 5.56 Å². The Balaban J connectivity index is 1.48. The highest BCUT2D eigenvalue weighted by molar-refractivity contribution is 7.07. The summed E-state index contributed by atoms with van der Waals surface area (Å²) in [5.74, 6) is 0.586. The van der Waals surface area contributed by atoms with Crippen LogP contribution in [0.15, 0.2) is 112 Å². The number of thiazole rings is 1. The van der Waals surface area contributed by atoms with Gasteiger partial charge in [-0.15, -0.1) is 0 Å². The summed E-state index contributed by atoms with van der Waals surface area (Å²) in [5, 5.41) is 0. The second-order valence-electron chi connectivity index (χ2n) is 10.5. The summed E-state index contributed by atoms with van der Waals surface area (Å²) >= 11 is 1.23. The number of fused-ring (bicyclic) bond motifs is 1. The molecule has 8 nitrogen and oxygen atoms in total. The van der Waals surface area contributed by atoms with Crippen LogP contribution in [-0.4, -0.2) is 31.4 Å². The van der Waals surface area contributed by atoms with Crippen molar-refractivity contribution in [3.05, 3.63) is 150 Å². The molecule has 10 heteroatoms. The summed E-state index contributed by atoms with van der Waals surface area (Å²) < 4.78 is 38.0. The van der Waals surface area contributed by atoms with Crippen molar-refractivity contribution in [3.63, 3.8) is 0 Å². The van der Waals surface area contributed by atoms with E-state index < -0.39 is 12.0 Å². The lowest BCUT2D eigenvalue weighted by Crippen LogP contribution is -2.40. The van der Waals surface area contributed by atoms with Crippen LogP contribution in [0.25, 0.3) is 11.8 Å². The van der Waals surface area contributed by atoms with Crippen LogP contribution in [0.2, 0.25) is 0 Å². The molecular formula is C37H31FN2O6S. The van der Waals surface area contributed by atoms with Gasteiger partial charge in [-0.1, -0.05) is 78.1 Å². The quantitative estimate of drug-likeness (QED) is 0.181. The van der Waals surface area contributed by atoms with Gasteiger partial charge in [0.05, 0.1) is 36.6 Å². The molecule has 4 aromatic carbocycles. The molecule has 0 saturated carbocycles. The Morgan fingerprint density at radius 1 is 0.936 bits per heavy atom.